The Hall–Kier alpha value is -0.140. The van der Waals surface area contributed by atoms with Gasteiger partial charge in [-0.3, -0.25) is 0 Å². The van der Waals surface area contributed by atoms with Gasteiger partial charge in [-0.1, -0.05) is 15.9 Å². The Morgan fingerprint density at radius 2 is 1.94 bits per heavy atom. The maximum absolute atomic E-state index is 12.2. The molecule has 0 aliphatic heterocycles. The first-order valence-electron chi connectivity index (χ1n) is 5.23. The molecule has 102 valence electrons. The number of methoxy groups -OCH3 is 1. The predicted molar refractivity (Wildman–Crippen MR) is 75.5 cm³/mol. The third kappa shape index (κ3) is 4.20. The van der Waals surface area contributed by atoms with Gasteiger partial charge in [0.2, 0.25) is 10.0 Å². The third-order valence-corrected chi connectivity index (χ3v) is 4.95. The third-order valence-electron chi connectivity index (χ3n) is 2.32. The van der Waals surface area contributed by atoms with Crippen LogP contribution in [0.1, 0.15) is 0 Å². The lowest BCUT2D eigenvalue weighted by Crippen LogP contribution is -2.33. The average molecular weight is 357 g/mol. The fourth-order valence-electron chi connectivity index (χ4n) is 1.40. The maximum atomic E-state index is 12.2. The van der Waals surface area contributed by atoms with Gasteiger partial charge < -0.3 is 4.74 Å². The Bertz CT molecular complexity index is 478. The van der Waals surface area contributed by atoms with Gasteiger partial charge in [0, 0.05) is 25.2 Å². The SMILES string of the molecule is COCC(Cl)CN(C)S(=O)(=O)c1ccc(Br)cc1. The molecule has 1 rings (SSSR count). The number of hydrogen-bond donors (Lipinski definition) is 0. The summed E-state index contributed by atoms with van der Waals surface area (Å²) in [5.74, 6) is 0. The van der Waals surface area contributed by atoms with E-state index >= 15 is 0 Å². The highest BCUT2D eigenvalue weighted by Crippen LogP contribution is 2.18. The van der Waals surface area contributed by atoms with Gasteiger partial charge >= 0.3 is 0 Å². The lowest BCUT2D eigenvalue weighted by Gasteiger charge is -2.19. The molecule has 0 radical (unpaired) electrons. The van der Waals surface area contributed by atoms with E-state index in [0.717, 1.165) is 4.47 Å². The zero-order chi connectivity index (χ0) is 13.8. The second-order valence-electron chi connectivity index (χ2n) is 3.79. The Morgan fingerprint density at radius 3 is 2.44 bits per heavy atom. The molecule has 0 N–H and O–H groups in total. The van der Waals surface area contributed by atoms with E-state index in [0.29, 0.717) is 6.61 Å². The largest absolute Gasteiger partial charge is 0.383 e. The Morgan fingerprint density at radius 1 is 1.39 bits per heavy atom. The highest BCUT2D eigenvalue weighted by atomic mass is 79.9. The van der Waals surface area contributed by atoms with Crippen molar-refractivity contribution in [3.05, 3.63) is 28.7 Å². The molecule has 18 heavy (non-hydrogen) atoms. The van der Waals surface area contributed by atoms with E-state index in [1.54, 1.807) is 24.3 Å². The zero-order valence-corrected chi connectivity index (χ0v) is 13.3. The number of halogens is 2. The van der Waals surface area contributed by atoms with Crippen LogP contribution in [0.5, 0.6) is 0 Å². The molecule has 0 amide bonds. The minimum atomic E-state index is -3.50. The first kappa shape index (κ1) is 15.9. The van der Waals surface area contributed by atoms with Gasteiger partial charge in [-0.25, -0.2) is 8.42 Å². The van der Waals surface area contributed by atoms with Gasteiger partial charge in [0.15, 0.2) is 0 Å². The minimum absolute atomic E-state index is 0.202. The summed E-state index contributed by atoms with van der Waals surface area (Å²) in [6, 6.07) is 6.48. The molecule has 0 fully saturated rings. The van der Waals surface area contributed by atoms with Crippen molar-refractivity contribution in [3.8, 4) is 0 Å². The van der Waals surface area contributed by atoms with Crippen molar-refractivity contribution < 1.29 is 13.2 Å². The van der Waals surface area contributed by atoms with Gasteiger partial charge in [0.1, 0.15) is 0 Å². The molecule has 0 aromatic heterocycles. The quantitative estimate of drug-likeness (QED) is 0.735. The molecule has 0 bridgehead atoms. The Labute approximate surface area is 121 Å². The van der Waals surface area contributed by atoms with E-state index in [4.69, 9.17) is 16.3 Å². The van der Waals surface area contributed by atoms with Gasteiger partial charge in [-0.15, -0.1) is 11.6 Å². The number of nitrogens with zero attached hydrogens (tertiary/aromatic N) is 1. The molecular formula is C11H15BrClNO3S. The highest BCUT2D eigenvalue weighted by molar-refractivity contribution is 9.10. The lowest BCUT2D eigenvalue weighted by molar-refractivity contribution is 0.192. The number of ether oxygens (including phenoxy) is 1. The van der Waals surface area contributed by atoms with Crippen LogP contribution in [0.25, 0.3) is 0 Å². The summed E-state index contributed by atoms with van der Waals surface area (Å²) in [7, 11) is -0.468. The molecule has 0 saturated heterocycles. The number of sulfonamides is 1. The Balaban J connectivity index is 2.83. The van der Waals surface area contributed by atoms with Gasteiger partial charge in [0.05, 0.1) is 16.9 Å². The highest BCUT2D eigenvalue weighted by Gasteiger charge is 2.22. The molecule has 1 aromatic rings. The maximum Gasteiger partial charge on any atom is 0.242 e. The van der Waals surface area contributed by atoms with E-state index in [-0.39, 0.29) is 16.8 Å². The second kappa shape index (κ2) is 6.86. The van der Waals surface area contributed by atoms with E-state index in [9.17, 15) is 8.42 Å². The molecule has 0 aliphatic rings. The number of benzene rings is 1. The summed E-state index contributed by atoms with van der Waals surface area (Å²) in [5.41, 5.74) is 0. The summed E-state index contributed by atoms with van der Waals surface area (Å²) < 4.78 is 31.3. The Kier molecular flexibility index (Phi) is 6.07. The first-order valence-corrected chi connectivity index (χ1v) is 7.89. The molecule has 1 unspecified atom stereocenters. The summed E-state index contributed by atoms with van der Waals surface area (Å²) in [5, 5.41) is -0.370. The first-order chi connectivity index (χ1) is 8.37. The second-order valence-corrected chi connectivity index (χ2v) is 7.37. The van der Waals surface area contributed by atoms with Crippen molar-refractivity contribution in [1.29, 1.82) is 0 Å². The molecule has 0 heterocycles. The van der Waals surface area contributed by atoms with Crippen molar-refractivity contribution in [2.75, 3.05) is 27.3 Å². The van der Waals surface area contributed by atoms with Gasteiger partial charge in [0.25, 0.3) is 0 Å². The monoisotopic (exact) mass is 355 g/mol. The van der Waals surface area contributed by atoms with Crippen LogP contribution in [0.3, 0.4) is 0 Å². The molecular weight excluding hydrogens is 342 g/mol. The molecule has 0 saturated carbocycles. The average Bonchev–Trinajstić information content (AvgIpc) is 2.29. The van der Waals surface area contributed by atoms with Crippen LogP contribution in [-0.4, -0.2) is 45.4 Å². The standard InChI is InChI=1S/C11H15BrClNO3S/c1-14(7-10(13)8-17-2)18(15,16)11-5-3-9(12)4-6-11/h3-6,10H,7-8H2,1-2H3. The molecule has 0 spiro atoms. The zero-order valence-electron chi connectivity index (χ0n) is 10.1. The molecule has 7 heteroatoms. The topological polar surface area (TPSA) is 46.6 Å². The fourth-order valence-corrected chi connectivity index (χ4v) is 3.29. The molecule has 4 nitrogen and oxygen atoms in total. The van der Waals surface area contributed by atoms with Crippen LogP contribution in [-0.2, 0) is 14.8 Å². The van der Waals surface area contributed by atoms with Gasteiger partial charge in [-0.05, 0) is 24.3 Å². The van der Waals surface area contributed by atoms with Crippen LogP contribution in [0.15, 0.2) is 33.6 Å². The summed E-state index contributed by atoms with van der Waals surface area (Å²) in [4.78, 5) is 0.245. The normalized spacial score (nSPS) is 13.8. The van der Waals surface area contributed by atoms with E-state index in [2.05, 4.69) is 15.9 Å². The summed E-state index contributed by atoms with van der Waals surface area (Å²) >= 11 is 9.22. The minimum Gasteiger partial charge on any atom is -0.383 e. The van der Waals surface area contributed by atoms with Crippen molar-refractivity contribution in [2.45, 2.75) is 10.3 Å². The smallest absolute Gasteiger partial charge is 0.242 e. The number of hydrogen-bond acceptors (Lipinski definition) is 3. The van der Waals surface area contributed by atoms with Crippen LogP contribution in [0.2, 0.25) is 0 Å². The van der Waals surface area contributed by atoms with E-state index < -0.39 is 10.0 Å². The summed E-state index contributed by atoms with van der Waals surface area (Å²) in [6.45, 7) is 0.509. The van der Waals surface area contributed by atoms with Crippen molar-refractivity contribution >= 4 is 37.6 Å². The van der Waals surface area contributed by atoms with Crippen LogP contribution in [0.4, 0.5) is 0 Å². The van der Waals surface area contributed by atoms with Crippen LogP contribution in [0, 0.1) is 0 Å². The molecule has 1 aromatic carbocycles. The number of rotatable bonds is 6. The summed E-state index contributed by atoms with van der Waals surface area (Å²) in [6.07, 6.45) is 0. The fraction of sp³-hybridized carbons (Fsp3) is 0.455. The van der Waals surface area contributed by atoms with E-state index in [1.165, 1.54) is 18.5 Å². The lowest BCUT2D eigenvalue weighted by atomic mass is 10.4. The van der Waals surface area contributed by atoms with Crippen LogP contribution < -0.4 is 0 Å². The predicted octanol–water partition coefficient (Wildman–Crippen LogP) is 2.32. The molecule has 1 atom stereocenters. The molecule has 0 aliphatic carbocycles. The van der Waals surface area contributed by atoms with Crippen molar-refractivity contribution in [3.63, 3.8) is 0 Å². The van der Waals surface area contributed by atoms with Crippen LogP contribution >= 0.6 is 27.5 Å². The van der Waals surface area contributed by atoms with Gasteiger partial charge in [-0.2, -0.15) is 4.31 Å². The number of alkyl halides is 1. The van der Waals surface area contributed by atoms with Crippen molar-refractivity contribution in [2.24, 2.45) is 0 Å². The van der Waals surface area contributed by atoms with E-state index in [1.807, 2.05) is 0 Å². The van der Waals surface area contributed by atoms with Crippen molar-refractivity contribution in [1.82, 2.24) is 4.31 Å².